The van der Waals surface area contributed by atoms with Crippen LogP contribution in [0.5, 0.6) is 0 Å². The highest BCUT2D eigenvalue weighted by Gasteiger charge is 2.24. The number of carbonyl (C=O) groups excluding carboxylic acids is 2. The van der Waals surface area contributed by atoms with E-state index in [4.69, 9.17) is 5.26 Å². The van der Waals surface area contributed by atoms with Crippen molar-refractivity contribution in [3.63, 3.8) is 0 Å². The number of benzene rings is 2. The largest absolute Gasteiger partial charge is 0.356 e. The molecule has 5 nitrogen and oxygen atoms in total. The first-order valence-corrected chi connectivity index (χ1v) is 11.7. The molecule has 0 radical (unpaired) electrons. The second-order valence-electron chi connectivity index (χ2n) is 9.19. The van der Waals surface area contributed by atoms with Gasteiger partial charge in [-0.3, -0.25) is 9.59 Å². The smallest absolute Gasteiger partial charge is 0.253 e. The minimum atomic E-state index is 0.0541. The Hall–Kier alpha value is -3.13. The molecule has 0 spiro atoms. The normalized spacial score (nSPS) is 16.4. The van der Waals surface area contributed by atoms with Crippen molar-refractivity contribution in [2.45, 2.75) is 44.9 Å². The molecule has 0 atom stereocenters. The van der Waals surface area contributed by atoms with E-state index < -0.39 is 0 Å². The zero-order valence-corrected chi connectivity index (χ0v) is 18.6. The van der Waals surface area contributed by atoms with Gasteiger partial charge < -0.3 is 10.2 Å². The van der Waals surface area contributed by atoms with E-state index in [-0.39, 0.29) is 11.8 Å². The molecule has 1 aliphatic carbocycles. The number of nitrogens with one attached hydrogen (secondary N) is 1. The summed E-state index contributed by atoms with van der Waals surface area (Å²) < 4.78 is 0. The second kappa shape index (κ2) is 10.5. The summed E-state index contributed by atoms with van der Waals surface area (Å²) in [7, 11) is 0. The SMILES string of the molecule is N#Cc1ccc(C(=O)N2CCC(Cc3ccc(CCC(=O)NCC4CC4)cc3)CC2)cc1. The Morgan fingerprint density at radius 2 is 1.56 bits per heavy atom. The van der Waals surface area contributed by atoms with Gasteiger partial charge in [0.25, 0.3) is 5.91 Å². The van der Waals surface area contributed by atoms with Crippen molar-refractivity contribution < 1.29 is 9.59 Å². The monoisotopic (exact) mass is 429 g/mol. The zero-order valence-electron chi connectivity index (χ0n) is 18.6. The van der Waals surface area contributed by atoms with Crippen molar-refractivity contribution in [3.8, 4) is 6.07 Å². The van der Waals surface area contributed by atoms with E-state index in [0.29, 0.717) is 23.5 Å². The Morgan fingerprint density at radius 1 is 0.906 bits per heavy atom. The van der Waals surface area contributed by atoms with E-state index >= 15 is 0 Å². The number of carbonyl (C=O) groups is 2. The number of hydrogen-bond donors (Lipinski definition) is 1. The molecule has 1 aliphatic heterocycles. The molecule has 1 heterocycles. The Balaban J connectivity index is 1.19. The Bertz CT molecular complexity index is 963. The molecule has 0 bridgehead atoms. The first-order chi connectivity index (χ1) is 15.6. The van der Waals surface area contributed by atoms with Gasteiger partial charge in [-0.15, -0.1) is 0 Å². The minimum Gasteiger partial charge on any atom is -0.356 e. The number of rotatable bonds is 8. The van der Waals surface area contributed by atoms with Crippen molar-refractivity contribution in [2.24, 2.45) is 11.8 Å². The summed E-state index contributed by atoms with van der Waals surface area (Å²) in [5.41, 5.74) is 3.75. The van der Waals surface area contributed by atoms with Crippen LogP contribution in [0.15, 0.2) is 48.5 Å². The number of aryl methyl sites for hydroxylation is 1. The van der Waals surface area contributed by atoms with Crippen LogP contribution in [0, 0.1) is 23.2 Å². The number of piperidine rings is 1. The standard InChI is InChI=1S/C27H31N3O2/c28-18-23-7-10-25(11-8-23)27(32)30-15-13-22(14-16-30)17-21-3-1-20(2-4-21)9-12-26(31)29-19-24-5-6-24/h1-4,7-8,10-11,22,24H,5-6,9,12-17,19H2,(H,29,31). The fourth-order valence-corrected chi connectivity index (χ4v) is 4.31. The average molecular weight is 430 g/mol. The van der Waals surface area contributed by atoms with Crippen LogP contribution in [-0.2, 0) is 17.6 Å². The van der Waals surface area contributed by atoms with E-state index in [0.717, 1.165) is 51.2 Å². The predicted molar refractivity (Wildman–Crippen MR) is 124 cm³/mol. The molecule has 4 rings (SSSR count). The first-order valence-electron chi connectivity index (χ1n) is 11.7. The molecule has 1 saturated carbocycles. The lowest BCUT2D eigenvalue weighted by molar-refractivity contribution is -0.121. The van der Waals surface area contributed by atoms with Gasteiger partial charge in [-0.25, -0.2) is 0 Å². The van der Waals surface area contributed by atoms with Gasteiger partial charge in [0, 0.05) is 31.6 Å². The highest BCUT2D eigenvalue weighted by atomic mass is 16.2. The molecule has 2 amide bonds. The Morgan fingerprint density at radius 3 is 2.19 bits per heavy atom. The van der Waals surface area contributed by atoms with Crippen LogP contribution in [0.25, 0.3) is 0 Å². The van der Waals surface area contributed by atoms with Gasteiger partial charge in [0.1, 0.15) is 0 Å². The van der Waals surface area contributed by atoms with Crippen LogP contribution in [-0.4, -0.2) is 36.3 Å². The summed E-state index contributed by atoms with van der Waals surface area (Å²) in [5, 5.41) is 11.9. The van der Waals surface area contributed by atoms with Gasteiger partial charge in [-0.05, 0) is 85.8 Å². The van der Waals surface area contributed by atoms with E-state index in [2.05, 4.69) is 35.7 Å². The molecule has 166 valence electrons. The maximum Gasteiger partial charge on any atom is 0.253 e. The highest BCUT2D eigenvalue weighted by molar-refractivity contribution is 5.94. The predicted octanol–water partition coefficient (Wildman–Crippen LogP) is 4.11. The third-order valence-corrected chi connectivity index (χ3v) is 6.64. The molecular weight excluding hydrogens is 398 g/mol. The number of likely N-dealkylation sites (tertiary alicyclic amines) is 1. The van der Waals surface area contributed by atoms with Crippen LogP contribution < -0.4 is 5.32 Å². The molecule has 1 N–H and O–H groups in total. The van der Waals surface area contributed by atoms with Crippen molar-refractivity contribution in [1.29, 1.82) is 5.26 Å². The number of amides is 2. The molecule has 2 aliphatic rings. The fraction of sp³-hybridized carbons (Fsp3) is 0.444. The summed E-state index contributed by atoms with van der Waals surface area (Å²) in [4.78, 5) is 26.5. The van der Waals surface area contributed by atoms with Gasteiger partial charge in [0.15, 0.2) is 0 Å². The van der Waals surface area contributed by atoms with Gasteiger partial charge in [0.2, 0.25) is 5.91 Å². The van der Waals surface area contributed by atoms with Crippen LogP contribution in [0.3, 0.4) is 0 Å². The lowest BCUT2D eigenvalue weighted by atomic mass is 9.89. The third kappa shape index (κ3) is 6.20. The van der Waals surface area contributed by atoms with Crippen LogP contribution in [0.1, 0.15) is 59.2 Å². The first kappa shape index (κ1) is 22.1. The zero-order chi connectivity index (χ0) is 22.3. The molecule has 2 aromatic carbocycles. The quantitative estimate of drug-likeness (QED) is 0.686. The Labute approximate surface area is 190 Å². The summed E-state index contributed by atoms with van der Waals surface area (Å²) in [6.45, 7) is 2.39. The fourth-order valence-electron chi connectivity index (χ4n) is 4.31. The lowest BCUT2D eigenvalue weighted by Crippen LogP contribution is -2.38. The van der Waals surface area contributed by atoms with E-state index in [9.17, 15) is 9.59 Å². The van der Waals surface area contributed by atoms with Crippen LogP contribution in [0.2, 0.25) is 0 Å². The Kier molecular flexibility index (Phi) is 7.21. The van der Waals surface area contributed by atoms with Gasteiger partial charge >= 0.3 is 0 Å². The van der Waals surface area contributed by atoms with Crippen LogP contribution in [0.4, 0.5) is 0 Å². The summed E-state index contributed by atoms with van der Waals surface area (Å²) in [6.07, 6.45) is 6.89. The van der Waals surface area contributed by atoms with Crippen molar-refractivity contribution in [3.05, 3.63) is 70.8 Å². The van der Waals surface area contributed by atoms with Crippen molar-refractivity contribution in [2.75, 3.05) is 19.6 Å². The van der Waals surface area contributed by atoms with E-state index in [1.165, 1.54) is 24.0 Å². The van der Waals surface area contributed by atoms with E-state index in [1.807, 2.05) is 4.90 Å². The van der Waals surface area contributed by atoms with Gasteiger partial charge in [-0.1, -0.05) is 24.3 Å². The number of nitrogens with zero attached hydrogens (tertiary/aromatic N) is 2. The molecule has 32 heavy (non-hydrogen) atoms. The highest BCUT2D eigenvalue weighted by Crippen LogP contribution is 2.27. The molecule has 2 aromatic rings. The van der Waals surface area contributed by atoms with Gasteiger partial charge in [-0.2, -0.15) is 5.26 Å². The maximum absolute atomic E-state index is 12.7. The number of hydrogen-bond acceptors (Lipinski definition) is 3. The molecular formula is C27H31N3O2. The molecule has 2 fully saturated rings. The van der Waals surface area contributed by atoms with Crippen molar-refractivity contribution in [1.82, 2.24) is 10.2 Å². The molecule has 1 saturated heterocycles. The maximum atomic E-state index is 12.7. The summed E-state index contributed by atoms with van der Waals surface area (Å²) >= 11 is 0. The van der Waals surface area contributed by atoms with E-state index in [1.54, 1.807) is 24.3 Å². The molecule has 5 heteroatoms. The second-order valence-corrected chi connectivity index (χ2v) is 9.19. The number of nitriles is 1. The van der Waals surface area contributed by atoms with Crippen molar-refractivity contribution >= 4 is 11.8 Å². The molecule has 0 aromatic heterocycles. The lowest BCUT2D eigenvalue weighted by Gasteiger charge is -2.32. The molecule has 0 unspecified atom stereocenters. The minimum absolute atomic E-state index is 0.0541. The summed E-state index contributed by atoms with van der Waals surface area (Å²) in [5.74, 6) is 1.51. The van der Waals surface area contributed by atoms with Gasteiger partial charge in [0.05, 0.1) is 11.6 Å². The summed E-state index contributed by atoms with van der Waals surface area (Å²) in [6, 6.07) is 17.6. The third-order valence-electron chi connectivity index (χ3n) is 6.64. The average Bonchev–Trinajstić information content (AvgIpc) is 3.67. The van der Waals surface area contributed by atoms with Crippen LogP contribution >= 0.6 is 0 Å². The topological polar surface area (TPSA) is 73.2 Å².